The number of carboxylic acids is 1. The van der Waals surface area contributed by atoms with Crippen LogP contribution in [0.15, 0.2) is 41.5 Å². The minimum atomic E-state index is -1.03. The molecule has 0 aliphatic heterocycles. The van der Waals surface area contributed by atoms with Crippen LogP contribution in [0.4, 0.5) is 0 Å². The molecule has 1 aromatic heterocycles. The maximum absolute atomic E-state index is 10.7. The summed E-state index contributed by atoms with van der Waals surface area (Å²) in [5, 5.41) is 9.55. The van der Waals surface area contributed by atoms with Crippen LogP contribution in [-0.2, 0) is 4.79 Å². The van der Waals surface area contributed by atoms with Gasteiger partial charge in [0.15, 0.2) is 0 Å². The van der Waals surface area contributed by atoms with Crippen molar-refractivity contribution in [1.29, 1.82) is 0 Å². The highest BCUT2D eigenvalue weighted by Crippen LogP contribution is 2.25. The van der Waals surface area contributed by atoms with Crippen LogP contribution < -0.4 is 0 Å². The Kier molecular flexibility index (Phi) is 1.85. The molecule has 0 aliphatic rings. The molecule has 0 fully saturated rings. The number of hydrogen-bond donors (Lipinski definition) is 1. The van der Waals surface area contributed by atoms with Crippen molar-refractivity contribution in [3.8, 4) is 0 Å². The van der Waals surface area contributed by atoms with Crippen LogP contribution in [0.2, 0.25) is 0 Å². The van der Waals surface area contributed by atoms with Gasteiger partial charge in [-0.15, -0.1) is 0 Å². The predicted molar refractivity (Wildman–Crippen MR) is 52.9 cm³/mol. The summed E-state index contributed by atoms with van der Waals surface area (Å²) < 4.78 is 5.20. The predicted octanol–water partition coefficient (Wildman–Crippen LogP) is 2.53. The Bertz CT molecular complexity index is 508. The number of carbonyl (C=O) groups is 1. The smallest absolute Gasteiger partial charge is 0.335 e. The van der Waals surface area contributed by atoms with Crippen LogP contribution in [0, 0.1) is 0 Å². The summed E-state index contributed by atoms with van der Waals surface area (Å²) in [6.07, 6.45) is 1.42. The zero-order valence-corrected chi connectivity index (χ0v) is 7.36. The second kappa shape index (κ2) is 3.03. The second-order valence-corrected chi connectivity index (χ2v) is 2.93. The van der Waals surface area contributed by atoms with Crippen LogP contribution >= 0.6 is 0 Å². The van der Waals surface area contributed by atoms with Crippen molar-refractivity contribution in [2.24, 2.45) is 0 Å². The Morgan fingerprint density at radius 3 is 2.79 bits per heavy atom. The van der Waals surface area contributed by atoms with Crippen LogP contribution in [0.3, 0.4) is 0 Å². The first kappa shape index (κ1) is 8.56. The number of furan rings is 1. The van der Waals surface area contributed by atoms with Crippen LogP contribution in [0.1, 0.15) is 5.56 Å². The molecule has 0 radical (unpaired) electrons. The lowest BCUT2D eigenvalue weighted by Crippen LogP contribution is -1.96. The zero-order chi connectivity index (χ0) is 10.1. The fourth-order valence-corrected chi connectivity index (χ4v) is 1.33. The summed E-state index contributed by atoms with van der Waals surface area (Å²) in [6.45, 7) is 3.49. The molecule has 0 spiro atoms. The van der Waals surface area contributed by atoms with E-state index in [1.807, 2.05) is 18.2 Å². The van der Waals surface area contributed by atoms with Gasteiger partial charge in [-0.25, -0.2) is 4.79 Å². The first-order chi connectivity index (χ1) is 6.70. The van der Waals surface area contributed by atoms with E-state index in [1.54, 1.807) is 6.07 Å². The Labute approximate surface area is 80.3 Å². The molecule has 1 aromatic carbocycles. The van der Waals surface area contributed by atoms with Gasteiger partial charge in [-0.2, -0.15) is 0 Å². The van der Waals surface area contributed by atoms with Gasteiger partial charge in [0.05, 0.1) is 11.8 Å². The number of benzene rings is 1. The number of aliphatic carboxylic acids is 1. The summed E-state index contributed by atoms with van der Waals surface area (Å²) in [6, 6.07) is 7.26. The van der Waals surface area contributed by atoms with Crippen molar-refractivity contribution in [2.75, 3.05) is 0 Å². The van der Waals surface area contributed by atoms with E-state index in [0.29, 0.717) is 11.1 Å². The van der Waals surface area contributed by atoms with Gasteiger partial charge in [0.25, 0.3) is 0 Å². The van der Waals surface area contributed by atoms with Crippen molar-refractivity contribution in [3.05, 3.63) is 42.7 Å². The first-order valence-electron chi connectivity index (χ1n) is 4.09. The summed E-state index contributed by atoms with van der Waals surface area (Å²) >= 11 is 0. The van der Waals surface area contributed by atoms with E-state index in [-0.39, 0.29) is 5.57 Å². The van der Waals surface area contributed by atoms with E-state index in [1.165, 1.54) is 6.26 Å². The minimum Gasteiger partial charge on any atom is -0.478 e. The molecule has 0 saturated heterocycles. The van der Waals surface area contributed by atoms with Crippen molar-refractivity contribution < 1.29 is 14.3 Å². The maximum atomic E-state index is 10.7. The Morgan fingerprint density at radius 2 is 2.07 bits per heavy atom. The molecule has 1 N–H and O–H groups in total. The van der Waals surface area contributed by atoms with E-state index in [0.717, 1.165) is 5.39 Å². The van der Waals surface area contributed by atoms with Gasteiger partial charge in [-0.1, -0.05) is 24.8 Å². The van der Waals surface area contributed by atoms with Gasteiger partial charge < -0.3 is 9.52 Å². The molecule has 14 heavy (non-hydrogen) atoms. The molecule has 0 atom stereocenters. The summed E-state index contributed by atoms with van der Waals surface area (Å²) in [5.41, 5.74) is 1.26. The van der Waals surface area contributed by atoms with Crippen molar-refractivity contribution in [1.82, 2.24) is 0 Å². The quantitative estimate of drug-likeness (QED) is 0.736. The van der Waals surface area contributed by atoms with Crippen LogP contribution in [0.5, 0.6) is 0 Å². The van der Waals surface area contributed by atoms with E-state index in [9.17, 15) is 4.79 Å². The molecule has 0 aliphatic carbocycles. The summed E-state index contributed by atoms with van der Waals surface area (Å²) in [4.78, 5) is 10.7. The Balaban J connectivity index is 2.64. The highest BCUT2D eigenvalue weighted by Gasteiger charge is 2.13. The molecule has 0 saturated carbocycles. The number of rotatable bonds is 2. The summed E-state index contributed by atoms with van der Waals surface area (Å²) in [5.74, 6) is -1.03. The maximum Gasteiger partial charge on any atom is 0.335 e. The number of hydrogen-bond acceptors (Lipinski definition) is 2. The number of fused-ring (bicyclic) bond motifs is 1. The van der Waals surface area contributed by atoms with Gasteiger partial charge in [0.1, 0.15) is 5.58 Å². The van der Waals surface area contributed by atoms with E-state index < -0.39 is 5.97 Å². The third-order valence-electron chi connectivity index (χ3n) is 2.06. The average molecular weight is 188 g/mol. The molecule has 0 amide bonds. The molecule has 1 heterocycles. The molecule has 0 bridgehead atoms. The third-order valence-corrected chi connectivity index (χ3v) is 2.06. The van der Waals surface area contributed by atoms with Crippen LogP contribution in [0.25, 0.3) is 16.5 Å². The van der Waals surface area contributed by atoms with E-state index in [2.05, 4.69) is 6.58 Å². The lowest BCUT2D eigenvalue weighted by molar-refractivity contribution is -0.130. The standard InChI is InChI=1S/C11H8O3/c1-7(11(12)13)9-6-14-10-5-3-2-4-8(9)10/h2-6H,1H2,(H,12,13). The number of para-hydroxylation sites is 1. The lowest BCUT2D eigenvalue weighted by Gasteiger charge is -1.95. The Hall–Kier alpha value is -2.03. The third kappa shape index (κ3) is 1.19. The summed E-state index contributed by atoms with van der Waals surface area (Å²) in [7, 11) is 0. The number of carboxylic acid groups (broad SMARTS) is 1. The van der Waals surface area contributed by atoms with Crippen molar-refractivity contribution >= 4 is 22.5 Å². The van der Waals surface area contributed by atoms with Crippen LogP contribution in [-0.4, -0.2) is 11.1 Å². The normalized spacial score (nSPS) is 10.3. The molecule has 2 rings (SSSR count). The van der Waals surface area contributed by atoms with Gasteiger partial charge in [-0.05, 0) is 6.07 Å². The van der Waals surface area contributed by atoms with Gasteiger partial charge in [0.2, 0.25) is 0 Å². The Morgan fingerprint density at radius 1 is 1.36 bits per heavy atom. The molecule has 3 heteroatoms. The van der Waals surface area contributed by atoms with Gasteiger partial charge in [0, 0.05) is 10.9 Å². The van der Waals surface area contributed by atoms with Gasteiger partial charge in [-0.3, -0.25) is 0 Å². The molecular formula is C11H8O3. The van der Waals surface area contributed by atoms with E-state index in [4.69, 9.17) is 9.52 Å². The minimum absolute atomic E-state index is 0.0509. The second-order valence-electron chi connectivity index (χ2n) is 2.93. The van der Waals surface area contributed by atoms with E-state index >= 15 is 0 Å². The fraction of sp³-hybridized carbons (Fsp3) is 0. The monoisotopic (exact) mass is 188 g/mol. The molecule has 0 unspecified atom stereocenters. The van der Waals surface area contributed by atoms with Gasteiger partial charge >= 0.3 is 5.97 Å². The highest BCUT2D eigenvalue weighted by molar-refractivity contribution is 6.18. The SMILES string of the molecule is C=C(C(=O)O)c1coc2ccccc12. The highest BCUT2D eigenvalue weighted by atomic mass is 16.4. The lowest BCUT2D eigenvalue weighted by atomic mass is 10.1. The first-order valence-corrected chi connectivity index (χ1v) is 4.09. The largest absolute Gasteiger partial charge is 0.478 e. The molecule has 3 nitrogen and oxygen atoms in total. The fourth-order valence-electron chi connectivity index (χ4n) is 1.33. The zero-order valence-electron chi connectivity index (χ0n) is 7.36. The molecular weight excluding hydrogens is 180 g/mol. The van der Waals surface area contributed by atoms with Crippen molar-refractivity contribution in [2.45, 2.75) is 0 Å². The average Bonchev–Trinajstić information content (AvgIpc) is 2.60. The van der Waals surface area contributed by atoms with Crippen molar-refractivity contribution in [3.63, 3.8) is 0 Å². The molecule has 2 aromatic rings. The topological polar surface area (TPSA) is 50.4 Å². The molecule has 70 valence electrons.